The Labute approximate surface area is 154 Å². The lowest BCUT2D eigenvalue weighted by molar-refractivity contribution is -0.385. The van der Waals surface area contributed by atoms with Gasteiger partial charge in [-0.25, -0.2) is 0 Å². The number of nitro groups is 1. The molecular formula is C19H17N3O5. The first-order chi connectivity index (χ1) is 13.0. The lowest BCUT2D eigenvalue weighted by Gasteiger charge is -2.37. The molecule has 1 saturated heterocycles. The van der Waals surface area contributed by atoms with Crippen LogP contribution in [0.3, 0.4) is 0 Å². The molecule has 1 heterocycles. The smallest absolute Gasteiger partial charge is 0.311 e. The van der Waals surface area contributed by atoms with Gasteiger partial charge in [-0.05, 0) is 42.2 Å². The number of hydrogen-bond acceptors (Lipinski definition) is 6. The van der Waals surface area contributed by atoms with Gasteiger partial charge in [0, 0.05) is 11.6 Å². The number of carbonyl (C=O) groups excluding carboxylic acids is 2. The van der Waals surface area contributed by atoms with Crippen molar-refractivity contribution in [1.82, 2.24) is 5.01 Å². The van der Waals surface area contributed by atoms with Gasteiger partial charge in [-0.3, -0.25) is 19.7 Å². The fraction of sp³-hybridized carbons (Fsp3) is 0.421. The quantitative estimate of drug-likeness (QED) is 0.266. The van der Waals surface area contributed by atoms with Crippen molar-refractivity contribution < 1.29 is 19.2 Å². The van der Waals surface area contributed by atoms with Crippen LogP contribution in [0.4, 0.5) is 5.69 Å². The maximum Gasteiger partial charge on any atom is 0.311 e. The Morgan fingerprint density at radius 3 is 2.37 bits per heavy atom. The van der Waals surface area contributed by atoms with Crippen molar-refractivity contribution in [3.8, 4) is 5.75 Å². The van der Waals surface area contributed by atoms with Crippen LogP contribution in [0.2, 0.25) is 0 Å². The number of imide groups is 1. The summed E-state index contributed by atoms with van der Waals surface area (Å²) in [5, 5.41) is 16.2. The number of carbonyl (C=O) groups is 2. The highest BCUT2D eigenvalue weighted by molar-refractivity contribution is 6.06. The van der Waals surface area contributed by atoms with Gasteiger partial charge in [0.1, 0.15) is 0 Å². The average molecular weight is 367 g/mol. The molecule has 1 aromatic carbocycles. The number of nitro benzene ring substituents is 1. The summed E-state index contributed by atoms with van der Waals surface area (Å²) in [5.74, 6) is 0.364. The first-order valence-electron chi connectivity index (χ1n) is 8.94. The zero-order valence-electron chi connectivity index (χ0n) is 14.5. The molecule has 2 amide bonds. The lowest BCUT2D eigenvalue weighted by atomic mass is 9.63. The van der Waals surface area contributed by atoms with Gasteiger partial charge in [0.25, 0.3) is 11.8 Å². The minimum absolute atomic E-state index is 0.137. The zero-order chi connectivity index (χ0) is 18.9. The van der Waals surface area contributed by atoms with Crippen LogP contribution >= 0.6 is 0 Å². The van der Waals surface area contributed by atoms with Crippen LogP contribution in [0.5, 0.6) is 5.75 Å². The van der Waals surface area contributed by atoms with Crippen LogP contribution in [-0.4, -0.2) is 35.1 Å². The molecule has 1 aliphatic heterocycles. The van der Waals surface area contributed by atoms with E-state index < -0.39 is 4.92 Å². The minimum Gasteiger partial charge on any atom is -0.490 e. The van der Waals surface area contributed by atoms with Crippen molar-refractivity contribution in [2.45, 2.75) is 6.42 Å². The van der Waals surface area contributed by atoms with E-state index in [4.69, 9.17) is 4.74 Å². The first kappa shape index (κ1) is 16.2. The number of benzene rings is 1. The summed E-state index contributed by atoms with van der Waals surface area (Å²) in [6.07, 6.45) is 6.63. The molecule has 3 fully saturated rings. The van der Waals surface area contributed by atoms with Crippen molar-refractivity contribution in [2.24, 2.45) is 40.6 Å². The Hall–Kier alpha value is -3.03. The predicted molar refractivity (Wildman–Crippen MR) is 93.8 cm³/mol. The van der Waals surface area contributed by atoms with Crippen molar-refractivity contribution >= 4 is 23.7 Å². The maximum absolute atomic E-state index is 12.8. The Bertz CT molecular complexity index is 903. The topological polar surface area (TPSA) is 102 Å². The number of hydrogen-bond donors (Lipinski definition) is 0. The van der Waals surface area contributed by atoms with E-state index in [1.54, 1.807) is 6.07 Å². The lowest BCUT2D eigenvalue weighted by Crippen LogP contribution is -2.40. The monoisotopic (exact) mass is 367 g/mol. The molecule has 6 atom stereocenters. The third-order valence-corrected chi connectivity index (χ3v) is 6.36. The summed E-state index contributed by atoms with van der Waals surface area (Å²) in [5.41, 5.74) is 0.221. The molecule has 8 nitrogen and oxygen atoms in total. The molecule has 2 saturated carbocycles. The molecule has 0 spiro atoms. The number of ether oxygens (including phenoxy) is 1. The highest BCUT2D eigenvalue weighted by Gasteiger charge is 2.67. The van der Waals surface area contributed by atoms with E-state index in [9.17, 15) is 19.7 Å². The molecule has 27 heavy (non-hydrogen) atoms. The van der Waals surface area contributed by atoms with E-state index in [2.05, 4.69) is 17.3 Å². The summed E-state index contributed by atoms with van der Waals surface area (Å²) < 4.78 is 4.97. The predicted octanol–water partition coefficient (Wildman–Crippen LogP) is 1.99. The first-order valence-corrected chi connectivity index (χ1v) is 8.94. The number of hydrazone groups is 1. The van der Waals surface area contributed by atoms with Gasteiger partial charge in [-0.15, -0.1) is 0 Å². The third kappa shape index (κ3) is 2.19. The van der Waals surface area contributed by atoms with Gasteiger partial charge >= 0.3 is 5.69 Å². The normalized spacial score (nSPS) is 35.5. The Morgan fingerprint density at radius 1 is 1.19 bits per heavy atom. The summed E-state index contributed by atoms with van der Waals surface area (Å²) >= 11 is 0. The standard InChI is InChI=1S/C19H17N3O5/c1-27-15-5-2-9(6-14(15)22(25)26)8-20-21-18(23)16-10-3-4-11(13-7-12(10)13)17(16)19(21)24/h2-6,8,10-13,16-17H,7H2,1H3/b20-8-/t10-,11-,12-,13-,16-,17+/m1/s1. The van der Waals surface area contributed by atoms with E-state index in [1.165, 1.54) is 25.5 Å². The van der Waals surface area contributed by atoms with Crippen LogP contribution in [0.25, 0.3) is 0 Å². The number of nitrogens with zero attached hydrogens (tertiary/aromatic N) is 3. The van der Waals surface area contributed by atoms with Gasteiger partial charge in [-0.2, -0.15) is 10.1 Å². The number of amides is 2. The summed E-state index contributed by atoms with van der Waals surface area (Å²) in [6.45, 7) is 0. The Kier molecular flexibility index (Phi) is 3.28. The molecule has 8 heteroatoms. The fourth-order valence-corrected chi connectivity index (χ4v) is 5.11. The zero-order valence-corrected chi connectivity index (χ0v) is 14.5. The molecule has 0 N–H and O–H groups in total. The molecule has 138 valence electrons. The van der Waals surface area contributed by atoms with E-state index in [1.807, 2.05) is 0 Å². The molecule has 0 radical (unpaired) electrons. The molecule has 0 unspecified atom stereocenters. The molecule has 0 aromatic heterocycles. The summed E-state index contributed by atoms with van der Waals surface area (Å²) in [7, 11) is 1.35. The van der Waals surface area contributed by atoms with Crippen molar-refractivity contribution in [3.63, 3.8) is 0 Å². The third-order valence-electron chi connectivity index (χ3n) is 6.36. The van der Waals surface area contributed by atoms with E-state index in [0.29, 0.717) is 17.4 Å². The largest absolute Gasteiger partial charge is 0.490 e. The molecular weight excluding hydrogens is 350 g/mol. The van der Waals surface area contributed by atoms with E-state index in [0.717, 1.165) is 11.4 Å². The van der Waals surface area contributed by atoms with Gasteiger partial charge in [0.2, 0.25) is 0 Å². The van der Waals surface area contributed by atoms with Crippen LogP contribution in [0.15, 0.2) is 35.5 Å². The highest BCUT2D eigenvalue weighted by Crippen LogP contribution is 2.65. The maximum atomic E-state index is 12.8. The number of methoxy groups -OCH3 is 1. The van der Waals surface area contributed by atoms with Gasteiger partial charge in [-0.1, -0.05) is 12.2 Å². The molecule has 1 aromatic rings. The summed E-state index contributed by atoms with van der Waals surface area (Å²) in [4.78, 5) is 36.2. The number of allylic oxidation sites excluding steroid dienone is 2. The number of rotatable bonds is 4. The van der Waals surface area contributed by atoms with Crippen LogP contribution in [0.1, 0.15) is 12.0 Å². The second-order valence-electron chi connectivity index (χ2n) is 7.58. The van der Waals surface area contributed by atoms with Crippen molar-refractivity contribution in [1.29, 1.82) is 0 Å². The van der Waals surface area contributed by atoms with Gasteiger partial charge < -0.3 is 4.74 Å². The van der Waals surface area contributed by atoms with Crippen LogP contribution in [0, 0.1) is 45.6 Å². The summed E-state index contributed by atoms with van der Waals surface area (Å²) in [6, 6.07) is 4.36. The average Bonchev–Trinajstić information content (AvgIpc) is 3.45. The molecule has 2 bridgehead atoms. The van der Waals surface area contributed by atoms with Crippen LogP contribution < -0.4 is 4.74 Å². The second kappa shape index (κ2) is 5.48. The van der Waals surface area contributed by atoms with E-state index >= 15 is 0 Å². The minimum atomic E-state index is -0.549. The van der Waals surface area contributed by atoms with Crippen molar-refractivity contribution in [2.75, 3.05) is 7.11 Å². The highest BCUT2D eigenvalue weighted by atomic mass is 16.6. The van der Waals surface area contributed by atoms with Crippen molar-refractivity contribution in [3.05, 3.63) is 46.0 Å². The molecule has 5 aliphatic rings. The van der Waals surface area contributed by atoms with Gasteiger partial charge in [0.05, 0.1) is 30.1 Å². The van der Waals surface area contributed by atoms with Crippen LogP contribution in [-0.2, 0) is 9.59 Å². The second-order valence-corrected chi connectivity index (χ2v) is 7.58. The van der Waals surface area contributed by atoms with Gasteiger partial charge in [0.15, 0.2) is 5.75 Å². The molecule has 6 rings (SSSR count). The van der Waals surface area contributed by atoms with E-state index in [-0.39, 0.29) is 46.9 Å². The fourth-order valence-electron chi connectivity index (χ4n) is 5.11. The SMILES string of the molecule is COc1ccc(/C=N\N2C(=O)[C@@H]3[C@@H]4C=C[C@H]([C@H]5C[C@H]45)[C@@H]3C2=O)cc1[N+](=O)[O-]. The Balaban J connectivity index is 1.42. The Morgan fingerprint density at radius 2 is 1.81 bits per heavy atom. The molecule has 4 aliphatic carbocycles.